The molecule has 0 atom stereocenters. The fourth-order valence-corrected chi connectivity index (χ4v) is 5.61. The third-order valence-corrected chi connectivity index (χ3v) is 6.58. The van der Waals surface area contributed by atoms with Crippen LogP contribution in [0.15, 0.2) is 18.2 Å². The van der Waals surface area contributed by atoms with E-state index in [1.807, 2.05) is 12.1 Å². The lowest BCUT2D eigenvalue weighted by atomic mass is 9.48. The van der Waals surface area contributed by atoms with Gasteiger partial charge in [-0.15, -0.1) is 0 Å². The first-order valence-corrected chi connectivity index (χ1v) is 8.01. The van der Waals surface area contributed by atoms with E-state index in [1.165, 1.54) is 6.42 Å². The number of rotatable bonds is 1. The summed E-state index contributed by atoms with van der Waals surface area (Å²) < 4.78 is 0. The molecule has 1 aromatic rings. The lowest BCUT2D eigenvalue weighted by molar-refractivity contribution is -0.179. The van der Waals surface area contributed by atoms with Crippen molar-refractivity contribution in [3.05, 3.63) is 33.8 Å². The molecule has 5 rings (SSSR count). The van der Waals surface area contributed by atoms with E-state index < -0.39 is 5.60 Å². The van der Waals surface area contributed by atoms with Crippen LogP contribution in [-0.4, -0.2) is 5.11 Å². The van der Waals surface area contributed by atoms with Crippen LogP contribution in [0.2, 0.25) is 10.0 Å². The van der Waals surface area contributed by atoms with E-state index in [-0.39, 0.29) is 0 Å². The van der Waals surface area contributed by atoms with Crippen LogP contribution in [0, 0.1) is 23.7 Å². The number of hydrogen-bond donors (Lipinski definition) is 1. The van der Waals surface area contributed by atoms with Crippen molar-refractivity contribution >= 4 is 23.2 Å². The lowest BCUT2D eigenvalue weighted by Crippen LogP contribution is -2.55. The third kappa shape index (κ3) is 1.65. The van der Waals surface area contributed by atoms with Gasteiger partial charge in [0.15, 0.2) is 0 Å². The number of benzene rings is 1. The van der Waals surface area contributed by atoms with Crippen molar-refractivity contribution in [2.75, 3.05) is 0 Å². The summed E-state index contributed by atoms with van der Waals surface area (Å²) in [5.74, 6) is 2.42. The number of halogens is 2. The van der Waals surface area contributed by atoms with Crippen LogP contribution in [-0.2, 0) is 5.60 Å². The normalized spacial score (nSPS) is 43.7. The summed E-state index contributed by atoms with van der Waals surface area (Å²) in [7, 11) is 0. The van der Waals surface area contributed by atoms with Gasteiger partial charge in [-0.05, 0) is 61.8 Å². The molecule has 0 aromatic heterocycles. The molecular weight excluding hydrogens is 279 g/mol. The summed E-state index contributed by atoms with van der Waals surface area (Å²) >= 11 is 12.5. The standard InChI is InChI=1S/C16H18Cl2O/c17-14-3-1-2-13(15(14)18)16(19)11-5-9-4-10(7-11)8-12(16)6-9/h1-3,9-12,19H,4-8H2. The molecule has 1 aromatic carbocycles. The largest absolute Gasteiger partial charge is 0.385 e. The monoisotopic (exact) mass is 296 g/mol. The minimum Gasteiger partial charge on any atom is -0.385 e. The fraction of sp³-hybridized carbons (Fsp3) is 0.625. The lowest BCUT2D eigenvalue weighted by Gasteiger charge is -2.59. The molecule has 0 saturated heterocycles. The molecule has 4 aliphatic carbocycles. The van der Waals surface area contributed by atoms with Gasteiger partial charge in [0.05, 0.1) is 15.6 Å². The first-order valence-electron chi connectivity index (χ1n) is 7.26. The zero-order chi connectivity index (χ0) is 13.2. The molecule has 0 spiro atoms. The Kier molecular flexibility index (Phi) is 2.72. The SMILES string of the molecule is OC1(c2cccc(Cl)c2Cl)C2CC3CC(C2)CC1C3. The van der Waals surface area contributed by atoms with Crippen LogP contribution in [0.1, 0.15) is 37.7 Å². The van der Waals surface area contributed by atoms with E-state index in [4.69, 9.17) is 23.2 Å². The van der Waals surface area contributed by atoms with Gasteiger partial charge < -0.3 is 5.11 Å². The van der Waals surface area contributed by atoms with E-state index in [9.17, 15) is 5.11 Å². The smallest absolute Gasteiger partial charge is 0.0967 e. The Labute approximate surface area is 123 Å². The Balaban J connectivity index is 1.83. The Bertz CT molecular complexity index is 497. The molecule has 1 nitrogen and oxygen atoms in total. The molecule has 4 bridgehead atoms. The van der Waals surface area contributed by atoms with Crippen LogP contribution in [0.25, 0.3) is 0 Å². The zero-order valence-corrected chi connectivity index (χ0v) is 12.3. The molecule has 0 amide bonds. The second-order valence-electron chi connectivity index (χ2n) is 6.73. The summed E-state index contributed by atoms with van der Waals surface area (Å²) in [5, 5.41) is 12.5. The zero-order valence-electron chi connectivity index (χ0n) is 10.8. The summed E-state index contributed by atoms with van der Waals surface area (Å²) in [4.78, 5) is 0. The van der Waals surface area contributed by atoms with Crippen LogP contribution in [0.3, 0.4) is 0 Å². The molecule has 4 aliphatic rings. The third-order valence-electron chi connectivity index (χ3n) is 5.77. The maximum atomic E-state index is 11.4. The molecule has 102 valence electrons. The van der Waals surface area contributed by atoms with Crippen molar-refractivity contribution < 1.29 is 5.11 Å². The topological polar surface area (TPSA) is 20.2 Å². The summed E-state index contributed by atoms with van der Waals surface area (Å²) in [6.07, 6.45) is 6.02. The van der Waals surface area contributed by atoms with E-state index in [0.717, 1.165) is 43.1 Å². The quantitative estimate of drug-likeness (QED) is 0.801. The first-order chi connectivity index (χ1) is 9.09. The maximum Gasteiger partial charge on any atom is 0.0967 e. The molecule has 0 heterocycles. The highest BCUT2D eigenvalue weighted by atomic mass is 35.5. The Morgan fingerprint density at radius 2 is 1.53 bits per heavy atom. The maximum absolute atomic E-state index is 11.4. The van der Waals surface area contributed by atoms with Crippen LogP contribution in [0.5, 0.6) is 0 Å². The highest BCUT2D eigenvalue weighted by Crippen LogP contribution is 2.62. The molecule has 3 heteroatoms. The van der Waals surface area contributed by atoms with Crippen LogP contribution >= 0.6 is 23.2 Å². The van der Waals surface area contributed by atoms with Gasteiger partial charge >= 0.3 is 0 Å². The van der Waals surface area contributed by atoms with Crippen molar-refractivity contribution in [2.45, 2.75) is 37.7 Å². The molecule has 0 unspecified atom stereocenters. The molecule has 4 fully saturated rings. The molecule has 4 saturated carbocycles. The minimum absolute atomic E-state index is 0.375. The first kappa shape index (κ1) is 12.5. The Morgan fingerprint density at radius 3 is 2.11 bits per heavy atom. The van der Waals surface area contributed by atoms with Crippen LogP contribution < -0.4 is 0 Å². The van der Waals surface area contributed by atoms with E-state index in [1.54, 1.807) is 6.07 Å². The average Bonchev–Trinajstić information content (AvgIpc) is 2.38. The Hall–Kier alpha value is -0.240. The van der Waals surface area contributed by atoms with Gasteiger partial charge in [0, 0.05) is 5.56 Å². The predicted molar refractivity (Wildman–Crippen MR) is 77.4 cm³/mol. The molecule has 0 aliphatic heterocycles. The van der Waals surface area contributed by atoms with Crippen molar-refractivity contribution in [1.82, 2.24) is 0 Å². The van der Waals surface area contributed by atoms with Gasteiger partial charge in [-0.2, -0.15) is 0 Å². The highest BCUT2D eigenvalue weighted by Gasteiger charge is 2.57. The van der Waals surface area contributed by atoms with E-state index in [0.29, 0.717) is 21.9 Å². The van der Waals surface area contributed by atoms with Gasteiger partial charge in [0.2, 0.25) is 0 Å². The van der Waals surface area contributed by atoms with Gasteiger partial charge in [-0.1, -0.05) is 35.3 Å². The van der Waals surface area contributed by atoms with Gasteiger partial charge in [0.1, 0.15) is 0 Å². The number of hydrogen-bond acceptors (Lipinski definition) is 1. The minimum atomic E-state index is -0.741. The van der Waals surface area contributed by atoms with Gasteiger partial charge in [-0.25, -0.2) is 0 Å². The molecule has 0 radical (unpaired) electrons. The predicted octanol–water partition coefficient (Wildman–Crippen LogP) is 4.64. The number of aliphatic hydroxyl groups is 1. The fourth-order valence-electron chi connectivity index (χ4n) is 5.16. The van der Waals surface area contributed by atoms with Crippen molar-refractivity contribution in [1.29, 1.82) is 0 Å². The average molecular weight is 297 g/mol. The second kappa shape index (κ2) is 4.13. The van der Waals surface area contributed by atoms with E-state index >= 15 is 0 Å². The van der Waals surface area contributed by atoms with E-state index in [2.05, 4.69) is 0 Å². The van der Waals surface area contributed by atoms with Gasteiger partial charge in [0.25, 0.3) is 0 Å². The summed E-state index contributed by atoms with van der Waals surface area (Å²) in [5.41, 5.74) is 0.130. The molecule has 19 heavy (non-hydrogen) atoms. The van der Waals surface area contributed by atoms with Crippen molar-refractivity contribution in [3.8, 4) is 0 Å². The van der Waals surface area contributed by atoms with Crippen molar-refractivity contribution in [2.24, 2.45) is 23.7 Å². The molecular formula is C16H18Cl2O. The molecule has 1 N–H and O–H groups in total. The second-order valence-corrected chi connectivity index (χ2v) is 7.52. The van der Waals surface area contributed by atoms with Crippen LogP contribution in [0.4, 0.5) is 0 Å². The highest BCUT2D eigenvalue weighted by molar-refractivity contribution is 6.42. The Morgan fingerprint density at radius 1 is 0.947 bits per heavy atom. The van der Waals surface area contributed by atoms with Gasteiger partial charge in [-0.3, -0.25) is 0 Å². The van der Waals surface area contributed by atoms with Crippen molar-refractivity contribution in [3.63, 3.8) is 0 Å². The summed E-state index contributed by atoms with van der Waals surface area (Å²) in [6, 6.07) is 5.68. The summed E-state index contributed by atoms with van der Waals surface area (Å²) in [6.45, 7) is 0.